The van der Waals surface area contributed by atoms with Crippen molar-refractivity contribution < 1.29 is 101 Å². The van der Waals surface area contributed by atoms with Crippen LogP contribution in [0.25, 0.3) is 0 Å². The van der Waals surface area contributed by atoms with Crippen LogP contribution < -0.4 is 61.1 Å². The van der Waals surface area contributed by atoms with Gasteiger partial charge in [-0.2, -0.15) is 0 Å². The first kappa shape index (κ1) is 79.6. The number of carbonyl (C=O) groups is 10. The number of nitrogens with two attached hydrogens (primary N) is 1. The first-order chi connectivity index (χ1) is 50.7. The summed E-state index contributed by atoms with van der Waals surface area (Å²) in [4.78, 5) is 142. The van der Waals surface area contributed by atoms with E-state index in [9.17, 15) is 58.2 Å². The molecule has 5 heterocycles. The van der Waals surface area contributed by atoms with Crippen molar-refractivity contribution in [3.8, 4) is 23.0 Å². The zero-order valence-corrected chi connectivity index (χ0v) is 60.8. The summed E-state index contributed by atoms with van der Waals surface area (Å²) in [5, 5.41) is 37.5. The van der Waals surface area contributed by atoms with Gasteiger partial charge in [-0.3, -0.25) is 38.5 Å². The molecule has 106 heavy (non-hydrogen) atoms. The van der Waals surface area contributed by atoms with Gasteiger partial charge >= 0.3 is 18.3 Å². The van der Waals surface area contributed by atoms with Gasteiger partial charge in [0.05, 0.1) is 94.4 Å². The van der Waals surface area contributed by atoms with Crippen LogP contribution in [0.3, 0.4) is 0 Å². The number of carbonyl (C=O) groups excluding carboxylic acids is 10. The van der Waals surface area contributed by atoms with Crippen LogP contribution in [0.4, 0.5) is 37.1 Å². The molecule has 32 nitrogen and oxygen atoms in total. The van der Waals surface area contributed by atoms with E-state index in [1.807, 2.05) is 13.8 Å². The number of ether oxygens (including phenoxy) is 9. The van der Waals surface area contributed by atoms with E-state index in [0.29, 0.717) is 66.2 Å². The fourth-order valence-electron chi connectivity index (χ4n) is 12.8. The van der Waals surface area contributed by atoms with Gasteiger partial charge in [0.25, 0.3) is 11.8 Å². The number of rotatable bonds is 31. The van der Waals surface area contributed by atoms with Gasteiger partial charge < -0.3 is 95.0 Å². The molecule has 5 aliphatic heterocycles. The topological polar surface area (TPSA) is 397 Å². The number of nitrogens with zero attached hydrogens (tertiary/aromatic N) is 5. The van der Waals surface area contributed by atoms with E-state index in [4.69, 9.17) is 48.4 Å². The largest absolute Gasteiger partial charge is 0.493 e. The predicted molar refractivity (Wildman–Crippen MR) is 385 cm³/mol. The molecule has 0 unspecified atom stereocenters. The molecule has 9 rings (SSSR count). The molecule has 572 valence electrons. The number of methoxy groups -OCH3 is 3. The highest BCUT2D eigenvalue weighted by Crippen LogP contribution is 2.44. The molecule has 0 aromatic heterocycles. The van der Waals surface area contributed by atoms with Crippen molar-refractivity contribution in [2.24, 2.45) is 17.6 Å². The Kier molecular flexibility index (Phi) is 27.4. The number of anilines is 4. The molecular weight excluding hydrogens is 1380 g/mol. The second-order valence-corrected chi connectivity index (χ2v) is 27.1. The maximum Gasteiger partial charge on any atom is 0.416 e. The average molecular weight is 1470 g/mol. The summed E-state index contributed by atoms with van der Waals surface area (Å²) in [7, 11) is 4.28. The number of nitrogens with one attached hydrogen (secondary N) is 5. The van der Waals surface area contributed by atoms with Gasteiger partial charge in [-0.1, -0.05) is 76.3 Å². The minimum Gasteiger partial charge on any atom is -0.493 e. The van der Waals surface area contributed by atoms with Gasteiger partial charge in [-0.25, -0.2) is 24.2 Å². The molecule has 0 bridgehead atoms. The maximum absolute atomic E-state index is 14.4. The third kappa shape index (κ3) is 19.5. The second kappa shape index (κ2) is 36.4. The Bertz CT molecular complexity index is 3910. The molecule has 10 amide bonds. The molecule has 3 fully saturated rings. The fourth-order valence-corrected chi connectivity index (χ4v) is 12.8. The summed E-state index contributed by atoms with van der Waals surface area (Å²) in [5.41, 5.74) is 8.87. The van der Waals surface area contributed by atoms with Crippen LogP contribution in [-0.2, 0) is 60.9 Å². The summed E-state index contributed by atoms with van der Waals surface area (Å²) in [5.74, 6) is -3.47. The van der Waals surface area contributed by atoms with E-state index in [1.165, 1.54) is 60.1 Å². The Balaban J connectivity index is 0.815. The van der Waals surface area contributed by atoms with Crippen molar-refractivity contribution in [1.82, 2.24) is 30.7 Å². The minimum absolute atomic E-state index is 0.00521. The van der Waals surface area contributed by atoms with Crippen LogP contribution in [0.5, 0.6) is 23.0 Å². The molecular formula is C74H95N11O21. The summed E-state index contributed by atoms with van der Waals surface area (Å²) >= 11 is 0. The number of hydrogen-bond donors (Lipinski definition) is 8. The molecule has 32 heteroatoms. The third-order valence-electron chi connectivity index (χ3n) is 18.5. The van der Waals surface area contributed by atoms with Crippen LogP contribution in [0.2, 0.25) is 0 Å². The molecule has 0 spiro atoms. The molecule has 0 saturated carbocycles. The first-order valence-electron chi connectivity index (χ1n) is 35.1. The van der Waals surface area contributed by atoms with E-state index < -0.39 is 115 Å². The number of benzene rings is 4. The van der Waals surface area contributed by atoms with Crippen LogP contribution in [0, 0.1) is 11.8 Å². The number of aliphatic hydroxyl groups is 2. The Morgan fingerprint density at radius 1 is 0.604 bits per heavy atom. The molecule has 0 aliphatic carbocycles. The third-order valence-corrected chi connectivity index (χ3v) is 18.5. The lowest BCUT2D eigenvalue weighted by Crippen LogP contribution is -2.54. The van der Waals surface area contributed by atoms with Crippen LogP contribution in [0.15, 0.2) is 97.1 Å². The predicted octanol–water partition coefficient (Wildman–Crippen LogP) is 5.32. The lowest BCUT2D eigenvalue weighted by molar-refractivity contribution is -0.132. The Morgan fingerprint density at radius 2 is 1.11 bits per heavy atom. The number of fused-ring (bicyclic) bond motifs is 4. The SMILES string of the molecule is C=C1C[C@H]2[C@H](O)N(C(=O)OCc3ccc(NC(=O)CNC(=O)[C@H](CC(C)C)NC(=O)[C@@H]4CCCN4C(=O)OCCOCCOC)cc3)c3cc(OCCCOc4cc5c(cc4OC)C(=O)N4CC(=C)C[C@H]4[C@H](O)N5C(=O)OCc4ccc(NC(=O)[C@H](C)NC(=O)[C@@H](N)C(C)C)cc4)c(OC)cc3C(=O)N2C1. The summed E-state index contributed by atoms with van der Waals surface area (Å²) in [6, 6.07) is 12.9. The van der Waals surface area contributed by atoms with Crippen molar-refractivity contribution in [1.29, 1.82) is 0 Å². The Morgan fingerprint density at radius 3 is 1.60 bits per heavy atom. The van der Waals surface area contributed by atoms with Crippen molar-refractivity contribution in [2.75, 3.05) is 108 Å². The number of hydrogen-bond acceptors (Lipinski definition) is 22. The van der Waals surface area contributed by atoms with Gasteiger partial charge in [-0.05, 0) is 98.4 Å². The van der Waals surface area contributed by atoms with Gasteiger partial charge in [0.15, 0.2) is 35.5 Å². The first-order valence-corrected chi connectivity index (χ1v) is 35.1. The van der Waals surface area contributed by atoms with Gasteiger partial charge in [0, 0.05) is 56.7 Å². The summed E-state index contributed by atoms with van der Waals surface area (Å²) in [6.45, 7) is 17.2. The standard InChI is InChI=1S/C74H95N11O21/c1-41(2)29-52(80-66(89)53-13-11-22-81(53)72(95)104-28-27-101-26-25-98-8)65(88)76-36-62(86)78-48-18-14-46(15-19-48)39-105-73(96)84-54-34-60(58(99-9)32-50(54)68(91)82-37-43(5)30-56(82)70(84)93)102-23-12-24-103-61-35-55-51(33-59(61)100-10)69(92)83-38-44(6)31-57(83)71(94)85(55)74(97)106-40-47-16-20-49(21-17-47)79-64(87)45(7)77-67(90)63(75)42(3)4/h14-21,32-35,41-42,45,52-53,56-57,63,70-71,93-94H,5-6,11-13,22-31,36-40,75H2,1-4,7-10H3,(H,76,88)(H,77,90)(H,78,86)(H,79,87)(H,80,89)/t45-,52-,53-,56-,57-,63-,70-,71-/m0/s1. The van der Waals surface area contributed by atoms with Crippen LogP contribution in [-0.4, -0.2) is 220 Å². The molecule has 3 saturated heterocycles. The Labute approximate surface area is 614 Å². The molecule has 0 radical (unpaired) electrons. The molecule has 4 aromatic rings. The molecule has 9 N–H and O–H groups in total. The monoisotopic (exact) mass is 1470 g/mol. The number of likely N-dealkylation sites (tertiary alicyclic amines) is 1. The second-order valence-electron chi connectivity index (χ2n) is 27.1. The van der Waals surface area contributed by atoms with E-state index >= 15 is 0 Å². The summed E-state index contributed by atoms with van der Waals surface area (Å²) in [6.07, 6.45) is -4.24. The molecule has 4 aromatic carbocycles. The highest BCUT2D eigenvalue weighted by atomic mass is 16.6. The van der Waals surface area contributed by atoms with Gasteiger partial charge in [0.1, 0.15) is 37.9 Å². The van der Waals surface area contributed by atoms with Crippen LogP contribution >= 0.6 is 0 Å². The highest BCUT2D eigenvalue weighted by molar-refractivity contribution is 6.08. The Hall–Kier alpha value is -10.5. The van der Waals surface area contributed by atoms with Gasteiger partial charge in [0.2, 0.25) is 29.5 Å². The zero-order chi connectivity index (χ0) is 76.6. The lowest BCUT2D eigenvalue weighted by atomic mass is 10.0. The van der Waals surface area contributed by atoms with Crippen molar-refractivity contribution in [3.05, 3.63) is 119 Å². The average Bonchev–Trinajstić information content (AvgIpc) is 1.59. The van der Waals surface area contributed by atoms with E-state index in [0.717, 1.165) is 9.80 Å². The van der Waals surface area contributed by atoms with E-state index in [-0.39, 0.29) is 136 Å². The fraction of sp³-hybridized carbons (Fsp3) is 0.486. The number of amides is 10. The number of aliphatic hydroxyl groups excluding tert-OH is 2. The summed E-state index contributed by atoms with van der Waals surface area (Å²) < 4.78 is 51.2. The lowest BCUT2D eigenvalue weighted by Gasteiger charge is -2.31. The molecule has 5 aliphatic rings. The quantitative estimate of drug-likeness (QED) is 0.0179. The smallest absolute Gasteiger partial charge is 0.416 e. The van der Waals surface area contributed by atoms with Crippen molar-refractivity contribution in [2.45, 2.75) is 135 Å². The normalized spacial score (nSPS) is 19.0. The van der Waals surface area contributed by atoms with Crippen molar-refractivity contribution >= 4 is 82.4 Å². The van der Waals surface area contributed by atoms with Gasteiger partial charge in [-0.15, -0.1) is 0 Å². The molecule has 8 atom stereocenters. The maximum atomic E-state index is 14.4. The van der Waals surface area contributed by atoms with Crippen LogP contribution in [0.1, 0.15) is 105 Å². The zero-order valence-electron chi connectivity index (χ0n) is 60.8. The highest BCUT2D eigenvalue weighted by Gasteiger charge is 2.49. The van der Waals surface area contributed by atoms with E-state index in [2.05, 4.69) is 39.7 Å². The minimum atomic E-state index is -1.63. The van der Waals surface area contributed by atoms with E-state index in [1.54, 1.807) is 69.5 Å². The van der Waals surface area contributed by atoms with Crippen molar-refractivity contribution in [3.63, 3.8) is 0 Å².